The zero-order valence-corrected chi connectivity index (χ0v) is 18.9. The van der Waals surface area contributed by atoms with Crippen LogP contribution in [0.3, 0.4) is 0 Å². The highest BCUT2D eigenvalue weighted by atomic mass is 32.2. The van der Waals surface area contributed by atoms with Crippen molar-refractivity contribution in [1.82, 2.24) is 5.32 Å². The van der Waals surface area contributed by atoms with Crippen LogP contribution in [0.1, 0.15) is 15.9 Å². The number of carbonyl (C=O) groups is 1. The maximum Gasteiger partial charge on any atom is 0.262 e. The summed E-state index contributed by atoms with van der Waals surface area (Å²) in [5.41, 5.74) is 1.81. The number of methoxy groups -OCH3 is 1. The number of nitrogens with one attached hydrogen (secondary N) is 2. The highest BCUT2D eigenvalue weighted by Crippen LogP contribution is 2.26. The molecule has 3 aromatic carbocycles. The van der Waals surface area contributed by atoms with Crippen molar-refractivity contribution < 1.29 is 17.9 Å². The molecule has 0 saturated carbocycles. The summed E-state index contributed by atoms with van der Waals surface area (Å²) in [6, 6.07) is 20.9. The standard InChI is InChI=1S/C23H24N2O4S2/c1-17-10-12-19(13-11-17)30-15-14-24-23(26)18-6-5-7-20(16-18)31(27,28)25-21-8-3-4-9-22(21)29-2/h3-13,16,25H,14-15H2,1-2H3,(H,24,26). The van der Waals surface area contributed by atoms with Gasteiger partial charge in [0, 0.05) is 22.8 Å². The molecular weight excluding hydrogens is 432 g/mol. The lowest BCUT2D eigenvalue weighted by molar-refractivity contribution is 0.0956. The molecule has 3 rings (SSSR count). The first-order chi connectivity index (χ1) is 14.9. The second-order valence-corrected chi connectivity index (χ2v) is 9.60. The van der Waals surface area contributed by atoms with Crippen LogP contribution in [0.15, 0.2) is 82.6 Å². The number of amides is 1. The Morgan fingerprint density at radius 2 is 1.74 bits per heavy atom. The highest BCUT2D eigenvalue weighted by Gasteiger charge is 2.18. The predicted octanol–water partition coefficient (Wildman–Crippen LogP) is 4.33. The van der Waals surface area contributed by atoms with Crippen LogP contribution in [0, 0.1) is 6.92 Å². The Morgan fingerprint density at radius 3 is 2.48 bits per heavy atom. The number of rotatable bonds is 9. The number of benzene rings is 3. The van der Waals surface area contributed by atoms with E-state index in [4.69, 9.17) is 4.74 Å². The number of hydrogen-bond donors (Lipinski definition) is 2. The van der Waals surface area contributed by atoms with Crippen molar-refractivity contribution in [2.24, 2.45) is 0 Å². The smallest absolute Gasteiger partial charge is 0.262 e. The largest absolute Gasteiger partial charge is 0.495 e. The van der Waals surface area contributed by atoms with E-state index >= 15 is 0 Å². The van der Waals surface area contributed by atoms with Crippen molar-refractivity contribution in [2.75, 3.05) is 24.1 Å². The zero-order valence-electron chi connectivity index (χ0n) is 17.3. The van der Waals surface area contributed by atoms with Crippen LogP contribution >= 0.6 is 11.8 Å². The lowest BCUT2D eigenvalue weighted by Gasteiger charge is -2.12. The summed E-state index contributed by atoms with van der Waals surface area (Å²) in [5, 5.41) is 2.83. The summed E-state index contributed by atoms with van der Waals surface area (Å²) < 4.78 is 33.3. The Hall–Kier alpha value is -2.97. The average Bonchev–Trinajstić information content (AvgIpc) is 2.78. The van der Waals surface area contributed by atoms with E-state index in [2.05, 4.69) is 10.0 Å². The Labute approximate surface area is 187 Å². The summed E-state index contributed by atoms with van der Waals surface area (Å²) in [6.45, 7) is 2.50. The van der Waals surface area contributed by atoms with E-state index in [1.54, 1.807) is 48.2 Å². The van der Waals surface area contributed by atoms with E-state index in [9.17, 15) is 13.2 Å². The molecule has 0 aromatic heterocycles. The first kappa shape index (κ1) is 22.7. The lowest BCUT2D eigenvalue weighted by Crippen LogP contribution is -2.26. The van der Waals surface area contributed by atoms with Crippen LogP contribution in [0.25, 0.3) is 0 Å². The maximum atomic E-state index is 12.8. The molecule has 0 saturated heterocycles. The highest BCUT2D eigenvalue weighted by molar-refractivity contribution is 7.99. The topological polar surface area (TPSA) is 84.5 Å². The fourth-order valence-corrected chi connectivity index (χ4v) is 4.69. The summed E-state index contributed by atoms with van der Waals surface area (Å²) in [7, 11) is -2.41. The number of carbonyl (C=O) groups excluding carboxylic acids is 1. The second-order valence-electron chi connectivity index (χ2n) is 6.75. The van der Waals surface area contributed by atoms with Crippen LogP contribution in [-0.2, 0) is 10.0 Å². The van der Waals surface area contributed by atoms with Crippen LogP contribution in [0.5, 0.6) is 5.75 Å². The van der Waals surface area contributed by atoms with Crippen LogP contribution < -0.4 is 14.8 Å². The number of thioether (sulfide) groups is 1. The molecule has 1 amide bonds. The van der Waals surface area contributed by atoms with Crippen molar-refractivity contribution in [1.29, 1.82) is 0 Å². The molecule has 0 spiro atoms. The van der Waals surface area contributed by atoms with Crippen LogP contribution in [0.4, 0.5) is 5.69 Å². The van der Waals surface area contributed by atoms with Gasteiger partial charge in [0.2, 0.25) is 0 Å². The van der Waals surface area contributed by atoms with Crippen molar-refractivity contribution in [2.45, 2.75) is 16.7 Å². The maximum absolute atomic E-state index is 12.8. The van der Waals surface area contributed by atoms with Crippen molar-refractivity contribution in [3.8, 4) is 5.75 Å². The van der Waals surface area contributed by atoms with E-state index in [0.717, 1.165) is 4.90 Å². The molecule has 0 aliphatic carbocycles. The summed E-state index contributed by atoms with van der Waals surface area (Å²) in [5.74, 6) is 0.798. The van der Waals surface area contributed by atoms with Gasteiger partial charge in [0.1, 0.15) is 5.75 Å². The van der Waals surface area contributed by atoms with E-state index in [0.29, 0.717) is 23.7 Å². The van der Waals surface area contributed by atoms with Crippen molar-refractivity contribution >= 4 is 33.4 Å². The quantitative estimate of drug-likeness (QED) is 0.370. The first-order valence-corrected chi connectivity index (χ1v) is 12.1. The summed E-state index contributed by atoms with van der Waals surface area (Å²) in [4.78, 5) is 13.6. The fraction of sp³-hybridized carbons (Fsp3) is 0.174. The molecule has 0 unspecified atom stereocenters. The van der Waals surface area contributed by atoms with E-state index in [1.165, 1.54) is 24.8 Å². The minimum absolute atomic E-state index is 0.0000801. The molecule has 0 radical (unpaired) electrons. The molecule has 2 N–H and O–H groups in total. The number of ether oxygens (including phenoxy) is 1. The van der Waals surface area contributed by atoms with Crippen molar-refractivity contribution in [3.63, 3.8) is 0 Å². The number of para-hydroxylation sites is 2. The van der Waals surface area contributed by atoms with Gasteiger partial charge in [-0.3, -0.25) is 9.52 Å². The number of anilines is 1. The molecule has 0 aliphatic rings. The molecule has 0 aliphatic heterocycles. The Bertz CT molecular complexity index is 1150. The van der Waals surface area contributed by atoms with Gasteiger partial charge in [-0.05, 0) is 49.4 Å². The van der Waals surface area contributed by atoms with E-state index in [1.807, 2.05) is 31.2 Å². The Kier molecular flexibility index (Phi) is 7.59. The monoisotopic (exact) mass is 456 g/mol. The molecule has 162 valence electrons. The molecule has 0 bridgehead atoms. The number of sulfonamides is 1. The third-order valence-electron chi connectivity index (χ3n) is 4.44. The normalized spacial score (nSPS) is 11.0. The van der Waals surface area contributed by atoms with Gasteiger partial charge in [-0.2, -0.15) is 0 Å². The van der Waals surface area contributed by atoms with E-state index in [-0.39, 0.29) is 16.4 Å². The molecule has 0 atom stereocenters. The average molecular weight is 457 g/mol. The van der Waals surface area contributed by atoms with E-state index < -0.39 is 10.0 Å². The minimum Gasteiger partial charge on any atom is -0.495 e. The molecule has 0 fully saturated rings. The number of hydrogen-bond acceptors (Lipinski definition) is 5. The van der Waals surface area contributed by atoms with Crippen LogP contribution in [-0.4, -0.2) is 33.7 Å². The van der Waals surface area contributed by atoms with Gasteiger partial charge in [0.05, 0.1) is 17.7 Å². The predicted molar refractivity (Wildman–Crippen MR) is 124 cm³/mol. The van der Waals surface area contributed by atoms with Gasteiger partial charge in [0.25, 0.3) is 15.9 Å². The molecular formula is C23H24N2O4S2. The number of aryl methyl sites for hydroxylation is 1. The minimum atomic E-state index is -3.88. The molecule has 31 heavy (non-hydrogen) atoms. The third-order valence-corrected chi connectivity index (χ3v) is 6.81. The molecule has 6 nitrogen and oxygen atoms in total. The van der Waals surface area contributed by atoms with Gasteiger partial charge in [-0.1, -0.05) is 35.9 Å². The second kappa shape index (κ2) is 10.4. The third kappa shape index (κ3) is 6.26. The Morgan fingerprint density at radius 1 is 1.00 bits per heavy atom. The van der Waals surface area contributed by atoms with Gasteiger partial charge < -0.3 is 10.1 Å². The summed E-state index contributed by atoms with van der Waals surface area (Å²) >= 11 is 1.65. The summed E-state index contributed by atoms with van der Waals surface area (Å²) in [6.07, 6.45) is 0. The van der Waals surface area contributed by atoms with Gasteiger partial charge in [-0.25, -0.2) is 8.42 Å². The van der Waals surface area contributed by atoms with Crippen LogP contribution in [0.2, 0.25) is 0 Å². The SMILES string of the molecule is COc1ccccc1NS(=O)(=O)c1cccc(C(=O)NCCSc2ccc(C)cc2)c1. The first-order valence-electron chi connectivity index (χ1n) is 9.62. The van der Waals surface area contributed by atoms with Gasteiger partial charge in [-0.15, -0.1) is 11.8 Å². The lowest BCUT2D eigenvalue weighted by atomic mass is 10.2. The molecule has 3 aromatic rings. The van der Waals surface area contributed by atoms with Gasteiger partial charge in [0.15, 0.2) is 0 Å². The zero-order chi connectivity index (χ0) is 22.3. The Balaban J connectivity index is 1.62. The molecule has 8 heteroatoms. The van der Waals surface area contributed by atoms with Crippen molar-refractivity contribution in [3.05, 3.63) is 83.9 Å². The van der Waals surface area contributed by atoms with Gasteiger partial charge >= 0.3 is 0 Å². The molecule has 0 heterocycles. The fourth-order valence-electron chi connectivity index (χ4n) is 2.81.